The Labute approximate surface area is 165 Å². The lowest BCUT2D eigenvalue weighted by molar-refractivity contribution is -0.122. The number of anilines is 2. The molecule has 8 heteroatoms. The summed E-state index contributed by atoms with van der Waals surface area (Å²) in [5, 5.41) is 9.21. The van der Waals surface area contributed by atoms with E-state index in [1.54, 1.807) is 36.4 Å². The molecular weight excluding hydrogens is 375 g/mol. The van der Waals surface area contributed by atoms with Crippen LogP contribution in [0.4, 0.5) is 15.8 Å². The van der Waals surface area contributed by atoms with Crippen molar-refractivity contribution in [2.45, 2.75) is 6.42 Å². The fourth-order valence-electron chi connectivity index (χ4n) is 3.32. The lowest BCUT2D eigenvalue weighted by Gasteiger charge is -2.17. The zero-order valence-electron chi connectivity index (χ0n) is 15.3. The standard InChI is InChI=1S/C21H17FN4O3/c22-14-4-3-5-15(11-14)26-12-13(10-20(26)28)21(29)23-17-7-2-1-6-16(17)18-8-9-19(27)25-24-18/h1-9,11,13H,10,12H2,(H,23,29)(H,25,27)/t13-/m1/s1. The Kier molecular flexibility index (Phi) is 4.90. The monoisotopic (exact) mass is 392 g/mol. The van der Waals surface area contributed by atoms with E-state index in [1.807, 2.05) is 0 Å². The van der Waals surface area contributed by atoms with Crippen LogP contribution in [0.2, 0.25) is 0 Å². The summed E-state index contributed by atoms with van der Waals surface area (Å²) in [5.41, 5.74) is 1.78. The van der Waals surface area contributed by atoms with E-state index in [0.29, 0.717) is 22.6 Å². The predicted molar refractivity (Wildman–Crippen MR) is 106 cm³/mol. The van der Waals surface area contributed by atoms with Gasteiger partial charge in [-0.15, -0.1) is 0 Å². The van der Waals surface area contributed by atoms with E-state index < -0.39 is 11.7 Å². The second-order valence-electron chi connectivity index (χ2n) is 6.73. The molecule has 0 bridgehead atoms. The number of amides is 2. The Morgan fingerprint density at radius 2 is 1.93 bits per heavy atom. The molecule has 0 saturated carbocycles. The van der Waals surface area contributed by atoms with Crippen LogP contribution in [0.5, 0.6) is 0 Å². The van der Waals surface area contributed by atoms with E-state index in [1.165, 1.54) is 29.2 Å². The lowest BCUT2D eigenvalue weighted by atomic mass is 10.1. The summed E-state index contributed by atoms with van der Waals surface area (Å²) < 4.78 is 13.5. The summed E-state index contributed by atoms with van der Waals surface area (Å²) in [5.74, 6) is -1.55. The first kappa shape index (κ1) is 18.5. The molecular formula is C21H17FN4O3. The molecule has 1 aromatic heterocycles. The number of nitrogens with one attached hydrogen (secondary N) is 2. The molecule has 1 aliphatic rings. The summed E-state index contributed by atoms with van der Waals surface area (Å²) in [6.45, 7) is 0.174. The van der Waals surface area contributed by atoms with Crippen molar-refractivity contribution in [2.24, 2.45) is 5.92 Å². The van der Waals surface area contributed by atoms with Gasteiger partial charge in [-0.3, -0.25) is 14.4 Å². The van der Waals surface area contributed by atoms with E-state index in [-0.39, 0.29) is 30.3 Å². The van der Waals surface area contributed by atoms with Gasteiger partial charge >= 0.3 is 0 Å². The van der Waals surface area contributed by atoms with Crippen molar-refractivity contribution in [1.82, 2.24) is 10.2 Å². The number of aromatic amines is 1. The van der Waals surface area contributed by atoms with Gasteiger partial charge in [0.25, 0.3) is 5.56 Å². The number of aromatic nitrogens is 2. The Balaban J connectivity index is 1.53. The maximum absolute atomic E-state index is 13.5. The van der Waals surface area contributed by atoms with Gasteiger partial charge in [0.2, 0.25) is 11.8 Å². The van der Waals surface area contributed by atoms with Crippen LogP contribution in [0.1, 0.15) is 6.42 Å². The minimum Gasteiger partial charge on any atom is -0.325 e. The van der Waals surface area contributed by atoms with Crippen LogP contribution < -0.4 is 15.8 Å². The molecule has 0 aliphatic carbocycles. The van der Waals surface area contributed by atoms with Crippen LogP contribution in [0.25, 0.3) is 11.3 Å². The first-order valence-electron chi connectivity index (χ1n) is 9.03. The van der Waals surface area contributed by atoms with Crippen LogP contribution >= 0.6 is 0 Å². The van der Waals surface area contributed by atoms with Gasteiger partial charge in [-0.05, 0) is 30.3 Å². The Bertz CT molecular complexity index is 1120. The van der Waals surface area contributed by atoms with Gasteiger partial charge < -0.3 is 10.2 Å². The molecule has 1 atom stereocenters. The van der Waals surface area contributed by atoms with Crippen LogP contribution in [-0.4, -0.2) is 28.6 Å². The third-order valence-corrected chi connectivity index (χ3v) is 4.76. The van der Waals surface area contributed by atoms with E-state index in [0.717, 1.165) is 0 Å². The normalized spacial score (nSPS) is 16.1. The average molecular weight is 392 g/mol. The maximum Gasteiger partial charge on any atom is 0.264 e. The molecule has 1 fully saturated rings. The number of carbonyl (C=O) groups is 2. The van der Waals surface area contributed by atoms with Crippen LogP contribution in [0, 0.1) is 11.7 Å². The summed E-state index contributed by atoms with van der Waals surface area (Å²) in [6.07, 6.45) is 0.0431. The summed E-state index contributed by atoms with van der Waals surface area (Å²) >= 11 is 0. The fraction of sp³-hybridized carbons (Fsp3) is 0.143. The second kappa shape index (κ2) is 7.67. The van der Waals surface area contributed by atoms with Crippen molar-refractivity contribution in [3.8, 4) is 11.3 Å². The Morgan fingerprint density at radius 1 is 1.10 bits per heavy atom. The molecule has 7 nitrogen and oxygen atoms in total. The van der Waals surface area contributed by atoms with Gasteiger partial charge in [-0.25, -0.2) is 9.49 Å². The fourth-order valence-corrected chi connectivity index (χ4v) is 3.32. The minimum atomic E-state index is -0.567. The second-order valence-corrected chi connectivity index (χ2v) is 6.73. The number of halogens is 1. The van der Waals surface area contributed by atoms with Gasteiger partial charge in [0, 0.05) is 30.3 Å². The van der Waals surface area contributed by atoms with Crippen molar-refractivity contribution in [1.29, 1.82) is 0 Å². The third kappa shape index (κ3) is 3.91. The quantitative estimate of drug-likeness (QED) is 0.713. The van der Waals surface area contributed by atoms with Gasteiger partial charge in [0.1, 0.15) is 5.82 Å². The van der Waals surface area contributed by atoms with Crippen molar-refractivity contribution in [3.05, 3.63) is 76.8 Å². The van der Waals surface area contributed by atoms with Crippen LogP contribution in [0.15, 0.2) is 65.5 Å². The first-order valence-corrected chi connectivity index (χ1v) is 9.03. The van der Waals surface area contributed by atoms with E-state index in [4.69, 9.17) is 0 Å². The highest BCUT2D eigenvalue weighted by Crippen LogP contribution is 2.29. The number of hydrogen-bond donors (Lipinski definition) is 2. The smallest absolute Gasteiger partial charge is 0.264 e. The molecule has 2 amide bonds. The highest BCUT2D eigenvalue weighted by atomic mass is 19.1. The summed E-state index contributed by atoms with van der Waals surface area (Å²) in [6, 6.07) is 15.7. The number of rotatable bonds is 4. The van der Waals surface area contributed by atoms with E-state index in [2.05, 4.69) is 15.5 Å². The van der Waals surface area contributed by atoms with Gasteiger partial charge in [-0.1, -0.05) is 24.3 Å². The molecule has 146 valence electrons. The molecule has 4 rings (SSSR count). The number of benzene rings is 2. The number of hydrogen-bond acceptors (Lipinski definition) is 4. The first-order chi connectivity index (χ1) is 14.0. The van der Waals surface area contributed by atoms with Crippen molar-refractivity contribution < 1.29 is 14.0 Å². The van der Waals surface area contributed by atoms with Crippen LogP contribution in [0.3, 0.4) is 0 Å². The number of nitrogens with zero attached hydrogens (tertiary/aromatic N) is 2. The highest BCUT2D eigenvalue weighted by Gasteiger charge is 2.35. The zero-order chi connectivity index (χ0) is 20.4. The molecule has 0 spiro atoms. The third-order valence-electron chi connectivity index (χ3n) is 4.76. The predicted octanol–water partition coefficient (Wildman–Crippen LogP) is 2.57. The molecule has 0 radical (unpaired) electrons. The minimum absolute atomic E-state index is 0.0431. The largest absolute Gasteiger partial charge is 0.325 e. The molecule has 1 saturated heterocycles. The molecule has 2 heterocycles. The summed E-state index contributed by atoms with van der Waals surface area (Å²) in [4.78, 5) is 37.8. The topological polar surface area (TPSA) is 95.2 Å². The highest BCUT2D eigenvalue weighted by molar-refractivity contribution is 6.04. The lowest BCUT2D eigenvalue weighted by Crippen LogP contribution is -2.28. The average Bonchev–Trinajstić information content (AvgIpc) is 3.11. The van der Waals surface area contributed by atoms with Gasteiger partial charge in [0.05, 0.1) is 17.3 Å². The Morgan fingerprint density at radius 3 is 2.69 bits per heavy atom. The molecule has 3 aromatic rings. The molecule has 29 heavy (non-hydrogen) atoms. The molecule has 0 unspecified atom stereocenters. The molecule has 2 N–H and O–H groups in total. The number of H-pyrrole nitrogens is 1. The maximum atomic E-state index is 13.5. The van der Waals surface area contributed by atoms with Crippen molar-refractivity contribution >= 4 is 23.2 Å². The number of para-hydroxylation sites is 1. The van der Waals surface area contributed by atoms with Gasteiger partial charge in [0.15, 0.2) is 0 Å². The van der Waals surface area contributed by atoms with Gasteiger partial charge in [-0.2, -0.15) is 5.10 Å². The van der Waals surface area contributed by atoms with E-state index in [9.17, 15) is 18.8 Å². The summed E-state index contributed by atoms with van der Waals surface area (Å²) in [7, 11) is 0. The van der Waals surface area contributed by atoms with E-state index >= 15 is 0 Å². The van der Waals surface area contributed by atoms with Crippen molar-refractivity contribution in [3.63, 3.8) is 0 Å². The molecule has 2 aromatic carbocycles. The zero-order valence-corrected chi connectivity index (χ0v) is 15.3. The Hall–Kier alpha value is -3.81. The van der Waals surface area contributed by atoms with Crippen molar-refractivity contribution in [2.75, 3.05) is 16.8 Å². The molecule has 1 aliphatic heterocycles. The SMILES string of the molecule is O=C(Nc1ccccc1-c1ccc(=O)[nH]n1)[C@@H]1CC(=O)N(c2cccc(F)c2)C1. The number of carbonyl (C=O) groups excluding carboxylic acids is 2. The van der Waals surface area contributed by atoms with Crippen LogP contribution in [-0.2, 0) is 9.59 Å².